The summed E-state index contributed by atoms with van der Waals surface area (Å²) < 4.78 is 23.0. The maximum atomic E-state index is 12.8. The summed E-state index contributed by atoms with van der Waals surface area (Å²) >= 11 is 0. The number of aryl methyl sites for hydroxylation is 1. The van der Waals surface area contributed by atoms with Gasteiger partial charge in [0.15, 0.2) is 15.6 Å². The smallest absolute Gasteiger partial charge is 0.292 e. The van der Waals surface area contributed by atoms with E-state index >= 15 is 0 Å². The molecule has 0 bridgehead atoms. The summed E-state index contributed by atoms with van der Waals surface area (Å²) in [6, 6.07) is 11.4. The number of imide groups is 1. The fourth-order valence-corrected chi connectivity index (χ4v) is 3.66. The van der Waals surface area contributed by atoms with Crippen LogP contribution in [-0.4, -0.2) is 49.9 Å². The molecule has 8 heteroatoms. The van der Waals surface area contributed by atoms with Crippen LogP contribution in [-0.2, 0) is 14.6 Å². The molecule has 1 aliphatic rings. The highest BCUT2D eigenvalue weighted by Gasteiger charge is 2.44. The Morgan fingerprint density at radius 1 is 1.00 bits per heavy atom. The maximum absolute atomic E-state index is 12.8. The SMILES string of the molecule is Cc1ccc(N2C(=O)N(CC(=O)c3ccc(S(C)(=O)=O)cc3)C(=O)C2C)cc1. The third-order valence-corrected chi connectivity index (χ3v) is 5.79. The molecule has 0 aliphatic carbocycles. The van der Waals surface area contributed by atoms with Gasteiger partial charge in [-0.25, -0.2) is 13.2 Å². The number of anilines is 1. The fraction of sp³-hybridized carbons (Fsp3) is 0.250. The molecule has 1 aliphatic heterocycles. The summed E-state index contributed by atoms with van der Waals surface area (Å²) in [6.07, 6.45) is 1.08. The van der Waals surface area contributed by atoms with Crippen LogP contribution in [0.2, 0.25) is 0 Å². The molecule has 0 N–H and O–H groups in total. The molecule has 1 heterocycles. The van der Waals surface area contributed by atoms with Gasteiger partial charge in [0.25, 0.3) is 5.91 Å². The first kappa shape index (κ1) is 19.8. The molecule has 1 fully saturated rings. The van der Waals surface area contributed by atoms with E-state index in [4.69, 9.17) is 0 Å². The largest absolute Gasteiger partial charge is 0.332 e. The van der Waals surface area contributed by atoms with Crippen LogP contribution in [0.3, 0.4) is 0 Å². The summed E-state index contributed by atoms with van der Waals surface area (Å²) in [7, 11) is -3.37. The van der Waals surface area contributed by atoms with E-state index in [2.05, 4.69) is 0 Å². The minimum Gasteiger partial charge on any atom is -0.292 e. The van der Waals surface area contributed by atoms with Gasteiger partial charge in [0.1, 0.15) is 6.04 Å². The number of rotatable bonds is 5. The molecule has 7 nitrogen and oxygen atoms in total. The van der Waals surface area contributed by atoms with Crippen molar-refractivity contribution in [2.45, 2.75) is 24.8 Å². The van der Waals surface area contributed by atoms with E-state index in [0.29, 0.717) is 5.69 Å². The van der Waals surface area contributed by atoms with Crippen molar-refractivity contribution in [2.75, 3.05) is 17.7 Å². The Kier molecular flexibility index (Phi) is 5.08. The number of sulfone groups is 1. The first-order chi connectivity index (χ1) is 13.1. The van der Waals surface area contributed by atoms with Gasteiger partial charge < -0.3 is 0 Å². The van der Waals surface area contributed by atoms with Crippen LogP contribution >= 0.6 is 0 Å². The molecule has 3 rings (SSSR count). The predicted molar refractivity (Wildman–Crippen MR) is 104 cm³/mol. The minimum atomic E-state index is -3.37. The predicted octanol–water partition coefficient (Wildman–Crippen LogP) is 2.44. The number of urea groups is 1. The Morgan fingerprint density at radius 3 is 2.11 bits per heavy atom. The standard InChI is InChI=1S/C20H20N2O5S/c1-13-4-8-16(9-5-13)22-14(2)19(24)21(20(22)25)12-18(23)15-6-10-17(11-7-15)28(3,26)27/h4-11,14H,12H2,1-3H3. The van der Waals surface area contributed by atoms with Crippen molar-refractivity contribution >= 4 is 33.2 Å². The number of hydrogen-bond donors (Lipinski definition) is 0. The molecule has 2 aromatic carbocycles. The summed E-state index contributed by atoms with van der Waals surface area (Å²) in [4.78, 5) is 40.2. The van der Waals surface area contributed by atoms with Crippen LogP contribution in [0.1, 0.15) is 22.8 Å². The van der Waals surface area contributed by atoms with Crippen molar-refractivity contribution in [2.24, 2.45) is 0 Å². The average Bonchev–Trinajstić information content (AvgIpc) is 2.85. The maximum Gasteiger partial charge on any atom is 0.332 e. The second kappa shape index (κ2) is 7.20. The van der Waals surface area contributed by atoms with Crippen LogP contribution in [0.5, 0.6) is 0 Å². The van der Waals surface area contributed by atoms with E-state index in [0.717, 1.165) is 16.7 Å². The Bertz CT molecular complexity index is 1040. The van der Waals surface area contributed by atoms with Crippen molar-refractivity contribution in [3.05, 3.63) is 59.7 Å². The molecule has 2 aromatic rings. The van der Waals surface area contributed by atoms with Gasteiger partial charge in [-0.05, 0) is 38.1 Å². The van der Waals surface area contributed by atoms with E-state index < -0.39 is 40.1 Å². The molecule has 1 atom stereocenters. The molecule has 0 radical (unpaired) electrons. The molecule has 146 valence electrons. The van der Waals surface area contributed by atoms with Crippen LogP contribution in [0.15, 0.2) is 53.4 Å². The highest BCUT2D eigenvalue weighted by Crippen LogP contribution is 2.26. The number of benzene rings is 2. The number of ketones is 1. The first-order valence-electron chi connectivity index (χ1n) is 8.64. The third-order valence-electron chi connectivity index (χ3n) is 4.67. The minimum absolute atomic E-state index is 0.0940. The first-order valence-corrected chi connectivity index (χ1v) is 10.5. The molecule has 0 spiro atoms. The zero-order valence-electron chi connectivity index (χ0n) is 15.7. The van der Waals surface area contributed by atoms with E-state index in [1.165, 1.54) is 29.2 Å². The number of carbonyl (C=O) groups is 3. The van der Waals surface area contributed by atoms with Crippen LogP contribution in [0, 0.1) is 6.92 Å². The topological polar surface area (TPSA) is 91.8 Å². The number of hydrogen-bond acceptors (Lipinski definition) is 5. The van der Waals surface area contributed by atoms with E-state index in [9.17, 15) is 22.8 Å². The molecular formula is C20H20N2O5S. The Labute approximate surface area is 163 Å². The lowest BCUT2D eigenvalue weighted by molar-refractivity contribution is -0.126. The summed E-state index contributed by atoms with van der Waals surface area (Å²) in [5.74, 6) is -0.897. The zero-order valence-corrected chi connectivity index (χ0v) is 16.6. The van der Waals surface area contributed by atoms with Crippen molar-refractivity contribution in [3.8, 4) is 0 Å². The van der Waals surface area contributed by atoms with E-state index in [1.54, 1.807) is 19.1 Å². The number of amides is 3. The molecule has 28 heavy (non-hydrogen) atoms. The third kappa shape index (κ3) is 3.68. The van der Waals surface area contributed by atoms with Gasteiger partial charge in [-0.3, -0.25) is 19.4 Å². The second-order valence-electron chi connectivity index (χ2n) is 6.81. The van der Waals surface area contributed by atoms with Gasteiger partial charge in [-0.15, -0.1) is 0 Å². The van der Waals surface area contributed by atoms with Crippen LogP contribution < -0.4 is 4.90 Å². The Hall–Kier alpha value is -3.00. The second-order valence-corrected chi connectivity index (χ2v) is 8.82. The van der Waals surface area contributed by atoms with Gasteiger partial charge >= 0.3 is 6.03 Å². The zero-order chi connectivity index (χ0) is 20.6. The highest BCUT2D eigenvalue weighted by molar-refractivity contribution is 7.90. The number of nitrogens with zero attached hydrogens (tertiary/aromatic N) is 2. The molecule has 1 saturated heterocycles. The summed E-state index contributed by atoms with van der Waals surface area (Å²) in [6.45, 7) is 3.14. The van der Waals surface area contributed by atoms with E-state index in [1.807, 2.05) is 19.1 Å². The molecule has 0 aromatic heterocycles. The monoisotopic (exact) mass is 400 g/mol. The van der Waals surface area contributed by atoms with E-state index in [-0.39, 0.29) is 10.5 Å². The van der Waals surface area contributed by atoms with Crippen molar-refractivity contribution in [1.82, 2.24) is 4.90 Å². The van der Waals surface area contributed by atoms with Gasteiger partial charge in [0, 0.05) is 17.5 Å². The normalized spacial score (nSPS) is 17.3. The van der Waals surface area contributed by atoms with Crippen molar-refractivity contribution < 1.29 is 22.8 Å². The Morgan fingerprint density at radius 2 is 1.57 bits per heavy atom. The molecule has 1 unspecified atom stereocenters. The summed E-state index contributed by atoms with van der Waals surface area (Å²) in [5, 5.41) is 0. The van der Waals surface area contributed by atoms with Crippen molar-refractivity contribution in [1.29, 1.82) is 0 Å². The lowest BCUT2D eigenvalue weighted by Gasteiger charge is -2.19. The quantitative estimate of drug-likeness (QED) is 0.568. The Balaban J connectivity index is 1.80. The molecule has 0 saturated carbocycles. The average molecular weight is 400 g/mol. The fourth-order valence-electron chi connectivity index (χ4n) is 3.03. The summed E-state index contributed by atoms with van der Waals surface area (Å²) in [5.41, 5.74) is 1.84. The van der Waals surface area contributed by atoms with Crippen LogP contribution in [0.25, 0.3) is 0 Å². The van der Waals surface area contributed by atoms with Crippen LogP contribution in [0.4, 0.5) is 10.5 Å². The van der Waals surface area contributed by atoms with Gasteiger partial charge in [-0.2, -0.15) is 0 Å². The molecular weight excluding hydrogens is 380 g/mol. The van der Waals surface area contributed by atoms with Gasteiger partial charge in [0.2, 0.25) is 0 Å². The highest BCUT2D eigenvalue weighted by atomic mass is 32.2. The van der Waals surface area contributed by atoms with Crippen molar-refractivity contribution in [3.63, 3.8) is 0 Å². The lowest BCUT2D eigenvalue weighted by atomic mass is 10.1. The molecule has 3 amide bonds. The number of carbonyl (C=O) groups excluding carboxylic acids is 3. The van der Waals surface area contributed by atoms with Gasteiger partial charge in [-0.1, -0.05) is 29.8 Å². The van der Waals surface area contributed by atoms with Gasteiger partial charge in [0.05, 0.1) is 11.4 Å². The number of Topliss-reactive ketones (excluding diaryl/α,β-unsaturated/α-hetero) is 1. The lowest BCUT2D eigenvalue weighted by Crippen LogP contribution is -2.37.